The van der Waals surface area contributed by atoms with Crippen LogP contribution in [-0.2, 0) is 11.2 Å². The van der Waals surface area contributed by atoms with Gasteiger partial charge >= 0.3 is 0 Å². The largest absolute Gasteiger partial charge is 0.392 e. The number of fused-ring (bicyclic) bond motifs is 1. The lowest BCUT2D eigenvalue weighted by Gasteiger charge is -2.19. The molecule has 2 aliphatic carbocycles. The third kappa shape index (κ3) is 6.29. The minimum atomic E-state index is -0.527. The van der Waals surface area contributed by atoms with E-state index >= 15 is 0 Å². The molecule has 3 rings (SSSR count). The van der Waals surface area contributed by atoms with Crippen LogP contribution in [0.1, 0.15) is 56.6 Å². The molecular formula is C26H37NO3. The fourth-order valence-corrected chi connectivity index (χ4v) is 5.12. The normalized spacial score (nSPS) is 26.6. The summed E-state index contributed by atoms with van der Waals surface area (Å²) in [5, 5.41) is 23.8. The van der Waals surface area contributed by atoms with Crippen LogP contribution >= 0.6 is 0 Å². The Morgan fingerprint density at radius 3 is 2.93 bits per heavy atom. The quantitative estimate of drug-likeness (QED) is 0.401. The molecule has 0 bridgehead atoms. The number of aliphatic hydroxyl groups excluding tert-OH is 2. The van der Waals surface area contributed by atoms with Crippen molar-refractivity contribution in [3.05, 3.63) is 59.2 Å². The van der Waals surface area contributed by atoms with Crippen molar-refractivity contribution in [1.82, 2.24) is 5.32 Å². The molecule has 0 heterocycles. The van der Waals surface area contributed by atoms with Crippen LogP contribution in [-0.4, -0.2) is 34.9 Å². The van der Waals surface area contributed by atoms with Gasteiger partial charge in [-0.3, -0.25) is 4.79 Å². The number of rotatable bonds is 10. The van der Waals surface area contributed by atoms with E-state index in [9.17, 15) is 15.0 Å². The van der Waals surface area contributed by atoms with Gasteiger partial charge in [0.1, 0.15) is 0 Å². The van der Waals surface area contributed by atoms with Crippen molar-refractivity contribution in [2.45, 2.75) is 71.0 Å². The summed E-state index contributed by atoms with van der Waals surface area (Å²) in [6.45, 7) is 4.70. The number of aliphatic hydroxyl groups is 2. The van der Waals surface area contributed by atoms with Crippen LogP contribution in [0, 0.1) is 24.7 Å². The standard InChI is InChI=1S/C26H37NO3/c1-3-27-26(30)10-5-4-8-20-14-21-17-25(29)23(24(21)16-20)12-11-22(28)15-19-9-6-7-18(2)13-19/h6-7,9,11-14,21-25,28-29H,3-5,8,10,15-17H2,1-2H3,(H,27,30)/t21-,22+,23+,24-,25+/m0/s1. The van der Waals surface area contributed by atoms with Crippen LogP contribution in [0.15, 0.2) is 48.1 Å². The van der Waals surface area contributed by atoms with E-state index in [4.69, 9.17) is 0 Å². The molecule has 5 atom stereocenters. The molecule has 0 saturated heterocycles. The third-order valence-electron chi connectivity index (χ3n) is 6.56. The Balaban J connectivity index is 1.46. The summed E-state index contributed by atoms with van der Waals surface area (Å²) < 4.78 is 0. The Kier molecular flexibility index (Phi) is 8.29. The molecule has 1 saturated carbocycles. The molecule has 1 aromatic rings. The Bertz CT molecular complexity index is 769. The molecule has 1 aromatic carbocycles. The number of aryl methyl sites for hydroxylation is 1. The molecule has 0 spiro atoms. The second-order valence-electron chi connectivity index (χ2n) is 9.04. The van der Waals surface area contributed by atoms with Crippen LogP contribution in [0.4, 0.5) is 0 Å². The van der Waals surface area contributed by atoms with E-state index in [2.05, 4.69) is 36.5 Å². The van der Waals surface area contributed by atoms with Crippen molar-refractivity contribution < 1.29 is 15.0 Å². The zero-order chi connectivity index (χ0) is 21.5. The summed E-state index contributed by atoms with van der Waals surface area (Å²) >= 11 is 0. The fourth-order valence-electron chi connectivity index (χ4n) is 5.12. The van der Waals surface area contributed by atoms with Crippen LogP contribution in [0.25, 0.3) is 0 Å². The van der Waals surface area contributed by atoms with Crippen molar-refractivity contribution in [3.63, 3.8) is 0 Å². The number of allylic oxidation sites excluding steroid dienone is 2. The van der Waals surface area contributed by atoms with Crippen molar-refractivity contribution in [2.24, 2.45) is 17.8 Å². The lowest BCUT2D eigenvalue weighted by molar-refractivity contribution is -0.121. The van der Waals surface area contributed by atoms with E-state index in [1.54, 1.807) is 0 Å². The minimum absolute atomic E-state index is 0.117. The molecule has 0 aliphatic heterocycles. The highest BCUT2D eigenvalue weighted by molar-refractivity contribution is 5.75. The average Bonchev–Trinajstić information content (AvgIpc) is 3.20. The van der Waals surface area contributed by atoms with Gasteiger partial charge < -0.3 is 15.5 Å². The third-order valence-corrected chi connectivity index (χ3v) is 6.56. The molecule has 2 aliphatic rings. The minimum Gasteiger partial charge on any atom is -0.392 e. The topological polar surface area (TPSA) is 69.6 Å². The van der Waals surface area contributed by atoms with E-state index in [0.29, 0.717) is 31.2 Å². The van der Waals surface area contributed by atoms with Crippen molar-refractivity contribution in [2.75, 3.05) is 6.54 Å². The van der Waals surface area contributed by atoms with Crippen molar-refractivity contribution >= 4 is 5.91 Å². The number of hydrogen-bond donors (Lipinski definition) is 3. The Morgan fingerprint density at radius 1 is 1.33 bits per heavy atom. The molecular weight excluding hydrogens is 374 g/mol. The second-order valence-corrected chi connectivity index (χ2v) is 9.04. The molecule has 0 unspecified atom stereocenters. The lowest BCUT2D eigenvalue weighted by atomic mass is 9.88. The number of nitrogens with one attached hydrogen (secondary N) is 1. The van der Waals surface area contributed by atoms with Gasteiger partial charge in [0.25, 0.3) is 0 Å². The highest BCUT2D eigenvalue weighted by Crippen LogP contribution is 2.48. The first-order valence-corrected chi connectivity index (χ1v) is 11.5. The van der Waals surface area contributed by atoms with Crippen molar-refractivity contribution in [1.29, 1.82) is 0 Å². The number of hydrogen-bond acceptors (Lipinski definition) is 3. The van der Waals surface area contributed by atoms with Crippen LogP contribution in [0.5, 0.6) is 0 Å². The van der Waals surface area contributed by atoms with Crippen LogP contribution in [0.2, 0.25) is 0 Å². The maximum atomic E-state index is 11.6. The van der Waals surface area contributed by atoms with E-state index < -0.39 is 6.10 Å². The predicted molar refractivity (Wildman–Crippen MR) is 121 cm³/mol. The summed E-state index contributed by atoms with van der Waals surface area (Å²) in [5.41, 5.74) is 3.81. The predicted octanol–water partition coefficient (Wildman–Crippen LogP) is 4.09. The Labute approximate surface area is 181 Å². The zero-order valence-corrected chi connectivity index (χ0v) is 18.4. The van der Waals surface area contributed by atoms with Crippen LogP contribution in [0.3, 0.4) is 0 Å². The number of carbonyl (C=O) groups is 1. The van der Waals surface area contributed by atoms with Gasteiger partial charge in [0.2, 0.25) is 5.91 Å². The van der Waals surface area contributed by atoms with Gasteiger partial charge in [-0.05, 0) is 63.4 Å². The maximum absolute atomic E-state index is 11.6. The van der Waals surface area contributed by atoms with Gasteiger partial charge in [-0.25, -0.2) is 0 Å². The summed E-state index contributed by atoms with van der Waals surface area (Å²) in [4.78, 5) is 11.6. The zero-order valence-electron chi connectivity index (χ0n) is 18.4. The van der Waals surface area contributed by atoms with Gasteiger partial charge in [-0.15, -0.1) is 0 Å². The summed E-state index contributed by atoms with van der Waals surface area (Å²) in [6, 6.07) is 8.24. The van der Waals surface area contributed by atoms with Gasteiger partial charge in [-0.1, -0.05) is 53.6 Å². The number of carbonyl (C=O) groups excluding carboxylic acids is 1. The molecule has 164 valence electrons. The molecule has 1 amide bonds. The molecule has 4 nitrogen and oxygen atoms in total. The van der Waals surface area contributed by atoms with Gasteiger partial charge in [-0.2, -0.15) is 0 Å². The van der Waals surface area contributed by atoms with E-state index in [1.807, 2.05) is 25.1 Å². The van der Waals surface area contributed by atoms with E-state index in [0.717, 1.165) is 37.7 Å². The molecule has 3 N–H and O–H groups in total. The molecule has 30 heavy (non-hydrogen) atoms. The molecule has 4 heteroatoms. The summed E-state index contributed by atoms with van der Waals surface area (Å²) in [5.74, 6) is 1.15. The molecule has 0 radical (unpaired) electrons. The maximum Gasteiger partial charge on any atom is 0.219 e. The van der Waals surface area contributed by atoms with E-state index in [1.165, 1.54) is 11.1 Å². The second kappa shape index (κ2) is 10.9. The smallest absolute Gasteiger partial charge is 0.219 e. The summed E-state index contributed by atoms with van der Waals surface area (Å²) in [6.07, 6.45) is 11.5. The Hall–Kier alpha value is -1.91. The average molecular weight is 412 g/mol. The molecule has 1 fully saturated rings. The lowest BCUT2D eigenvalue weighted by Crippen LogP contribution is -2.22. The van der Waals surface area contributed by atoms with Crippen molar-refractivity contribution in [3.8, 4) is 0 Å². The Morgan fingerprint density at radius 2 is 2.17 bits per heavy atom. The first-order valence-electron chi connectivity index (χ1n) is 11.5. The van der Waals surface area contributed by atoms with Gasteiger partial charge in [0.15, 0.2) is 0 Å². The summed E-state index contributed by atoms with van der Waals surface area (Å²) in [7, 11) is 0. The number of amides is 1. The molecule has 0 aromatic heterocycles. The number of benzene rings is 1. The van der Waals surface area contributed by atoms with E-state index in [-0.39, 0.29) is 17.9 Å². The number of unbranched alkanes of at least 4 members (excludes halogenated alkanes) is 1. The fraction of sp³-hybridized carbons (Fsp3) is 0.577. The highest BCUT2D eigenvalue weighted by atomic mass is 16.3. The SMILES string of the molecule is CCNC(=O)CCCCC1=C[C@H]2C[C@@H](O)[C@H](C=C[C@@H](O)Cc3cccc(C)c3)[C@H]2C1. The monoisotopic (exact) mass is 411 g/mol. The first kappa shape index (κ1) is 22.8. The van der Waals surface area contributed by atoms with Gasteiger partial charge in [0.05, 0.1) is 12.2 Å². The van der Waals surface area contributed by atoms with Crippen LogP contribution < -0.4 is 5.32 Å². The van der Waals surface area contributed by atoms with Gasteiger partial charge in [0, 0.05) is 25.3 Å². The first-order chi connectivity index (χ1) is 14.5. The highest BCUT2D eigenvalue weighted by Gasteiger charge is 2.43.